The lowest BCUT2D eigenvalue weighted by molar-refractivity contribution is -0.138. The van der Waals surface area contributed by atoms with Gasteiger partial charge in [-0.2, -0.15) is 0 Å². The number of anilines is 1. The van der Waals surface area contributed by atoms with E-state index in [1.54, 1.807) is 17.8 Å². The van der Waals surface area contributed by atoms with Gasteiger partial charge in [0.1, 0.15) is 24.2 Å². The minimum absolute atomic E-state index is 0.275. The molecule has 14 heteroatoms. The number of hydrogen-bond acceptors (Lipinski definition) is 10. The van der Waals surface area contributed by atoms with Gasteiger partial charge in [-0.25, -0.2) is 20.0 Å². The van der Waals surface area contributed by atoms with Gasteiger partial charge in [0.2, 0.25) is 0 Å². The molecular formula is C24H33N8O5P. The summed E-state index contributed by atoms with van der Waals surface area (Å²) in [6, 6.07) is 9.11. The molecule has 1 saturated heterocycles. The molecule has 1 aliphatic heterocycles. The molecule has 1 fully saturated rings. The van der Waals surface area contributed by atoms with Crippen LogP contribution in [0.1, 0.15) is 32.3 Å². The van der Waals surface area contributed by atoms with Crippen LogP contribution in [0.3, 0.4) is 0 Å². The first-order chi connectivity index (χ1) is 18.2. The second kappa shape index (κ2) is 12.4. The highest BCUT2D eigenvalue weighted by molar-refractivity contribution is 7.56. The van der Waals surface area contributed by atoms with E-state index >= 15 is 0 Å². The minimum Gasteiger partial charge on any atom is -0.480 e. The standard InChI is InChI=1S/C24H33N8O5P/c1-17(12-32-15-28-21-22(25)26-14-27-23(21)32)36-16-38(35,30-18(2)24(33)34)37-29-20-8-10-31(11-9-20)13-19-6-4-3-5-7-19/h3-7,14-15,17-18H,8-13,16H2,1-2H3,(H,30,35)(H,33,34)(H2,25,26,27)/t17-,18+,38?/m1/s1. The van der Waals surface area contributed by atoms with Crippen molar-refractivity contribution in [1.29, 1.82) is 0 Å². The lowest BCUT2D eigenvalue weighted by Crippen LogP contribution is -2.34. The molecule has 0 saturated carbocycles. The molecule has 0 radical (unpaired) electrons. The second-order valence-electron chi connectivity index (χ2n) is 9.30. The van der Waals surface area contributed by atoms with Crippen molar-refractivity contribution < 1.29 is 23.8 Å². The zero-order chi connectivity index (χ0) is 27.1. The number of carboxylic acid groups (broad SMARTS) is 1. The molecule has 4 rings (SSSR count). The summed E-state index contributed by atoms with van der Waals surface area (Å²) in [4.78, 5) is 26.1. The highest BCUT2D eigenvalue weighted by Crippen LogP contribution is 2.44. The van der Waals surface area contributed by atoms with E-state index in [4.69, 9.17) is 15.1 Å². The number of nitrogens with zero attached hydrogens (tertiary/aromatic N) is 6. The number of piperidine rings is 1. The monoisotopic (exact) mass is 544 g/mol. The van der Waals surface area contributed by atoms with Crippen LogP contribution in [0.4, 0.5) is 5.82 Å². The Labute approximate surface area is 220 Å². The van der Waals surface area contributed by atoms with Crippen LogP contribution >= 0.6 is 7.52 Å². The van der Waals surface area contributed by atoms with Crippen molar-refractivity contribution >= 4 is 36.2 Å². The molecule has 204 valence electrons. The predicted molar refractivity (Wildman–Crippen MR) is 142 cm³/mol. The fourth-order valence-electron chi connectivity index (χ4n) is 4.05. The van der Waals surface area contributed by atoms with Gasteiger partial charge in [0, 0.05) is 32.5 Å². The Kier molecular flexibility index (Phi) is 9.05. The van der Waals surface area contributed by atoms with E-state index in [1.165, 1.54) is 18.8 Å². The number of fused-ring (bicyclic) bond motifs is 1. The number of ether oxygens (including phenoxy) is 1. The average Bonchev–Trinajstić information content (AvgIpc) is 3.31. The van der Waals surface area contributed by atoms with Crippen LogP contribution in [0.15, 0.2) is 48.1 Å². The summed E-state index contributed by atoms with van der Waals surface area (Å²) < 4.78 is 26.6. The molecule has 3 aromatic rings. The van der Waals surface area contributed by atoms with Gasteiger partial charge in [-0.15, -0.1) is 0 Å². The van der Waals surface area contributed by atoms with E-state index in [0.29, 0.717) is 30.6 Å². The molecule has 3 heterocycles. The summed E-state index contributed by atoms with van der Waals surface area (Å²) in [6.45, 7) is 5.95. The number of benzene rings is 1. The molecule has 0 bridgehead atoms. The van der Waals surface area contributed by atoms with E-state index in [9.17, 15) is 14.5 Å². The quantitative estimate of drug-likeness (QED) is 0.226. The number of aliphatic carboxylic acids is 1. The number of nitrogens with one attached hydrogen (secondary N) is 1. The van der Waals surface area contributed by atoms with E-state index < -0.39 is 25.6 Å². The van der Waals surface area contributed by atoms with Crippen molar-refractivity contribution in [3.8, 4) is 0 Å². The van der Waals surface area contributed by atoms with Crippen LogP contribution in [0.2, 0.25) is 0 Å². The molecule has 1 aromatic carbocycles. The maximum Gasteiger partial charge on any atom is 0.364 e. The molecule has 1 unspecified atom stereocenters. The van der Waals surface area contributed by atoms with Gasteiger partial charge in [0.15, 0.2) is 11.5 Å². The van der Waals surface area contributed by atoms with Crippen LogP contribution in [0.25, 0.3) is 11.2 Å². The van der Waals surface area contributed by atoms with Crippen LogP contribution in [0, 0.1) is 0 Å². The van der Waals surface area contributed by atoms with E-state index in [1.807, 2.05) is 18.2 Å². The number of carboxylic acids is 1. The van der Waals surface area contributed by atoms with Gasteiger partial charge in [-0.1, -0.05) is 35.5 Å². The first-order valence-corrected chi connectivity index (χ1v) is 14.2. The Bertz CT molecular complexity index is 1310. The number of carbonyl (C=O) groups is 1. The molecule has 4 N–H and O–H groups in total. The van der Waals surface area contributed by atoms with Crippen molar-refractivity contribution in [1.82, 2.24) is 29.5 Å². The molecular weight excluding hydrogens is 511 g/mol. The summed E-state index contributed by atoms with van der Waals surface area (Å²) in [6.07, 6.45) is 3.45. The van der Waals surface area contributed by atoms with E-state index in [-0.39, 0.29) is 12.2 Å². The largest absolute Gasteiger partial charge is 0.480 e. The normalized spacial score (nSPS) is 17.6. The zero-order valence-electron chi connectivity index (χ0n) is 21.4. The topological polar surface area (TPSA) is 170 Å². The van der Waals surface area contributed by atoms with Crippen molar-refractivity contribution in [3.63, 3.8) is 0 Å². The summed E-state index contributed by atoms with van der Waals surface area (Å²) in [5.41, 5.74) is 8.89. The van der Waals surface area contributed by atoms with Gasteiger partial charge >= 0.3 is 13.5 Å². The number of nitrogens with two attached hydrogens (primary N) is 1. The van der Waals surface area contributed by atoms with Crippen LogP contribution < -0.4 is 10.8 Å². The minimum atomic E-state index is -3.79. The molecule has 0 aliphatic carbocycles. The number of oxime groups is 1. The Morgan fingerprint density at radius 3 is 2.66 bits per heavy atom. The van der Waals surface area contributed by atoms with Gasteiger partial charge in [0.25, 0.3) is 0 Å². The zero-order valence-corrected chi connectivity index (χ0v) is 22.3. The third kappa shape index (κ3) is 7.35. The smallest absolute Gasteiger partial charge is 0.364 e. The predicted octanol–water partition coefficient (Wildman–Crippen LogP) is 2.70. The summed E-state index contributed by atoms with van der Waals surface area (Å²) in [5, 5.41) is 16.0. The molecule has 2 aromatic heterocycles. The Morgan fingerprint density at radius 2 is 1.95 bits per heavy atom. The van der Waals surface area contributed by atoms with Gasteiger partial charge in [0.05, 0.1) is 24.7 Å². The molecule has 13 nitrogen and oxygen atoms in total. The number of rotatable bonds is 12. The molecule has 3 atom stereocenters. The first-order valence-electron chi connectivity index (χ1n) is 12.4. The lowest BCUT2D eigenvalue weighted by atomic mass is 10.1. The molecule has 0 amide bonds. The number of likely N-dealkylation sites (tertiary alicyclic amines) is 1. The van der Waals surface area contributed by atoms with Crippen LogP contribution in [-0.2, 0) is 31.8 Å². The van der Waals surface area contributed by atoms with Gasteiger partial charge in [-0.05, 0) is 19.4 Å². The van der Waals surface area contributed by atoms with Crippen molar-refractivity contribution in [3.05, 3.63) is 48.5 Å². The van der Waals surface area contributed by atoms with E-state index in [2.05, 4.69) is 42.2 Å². The lowest BCUT2D eigenvalue weighted by Gasteiger charge is -2.28. The summed E-state index contributed by atoms with van der Waals surface area (Å²) >= 11 is 0. The number of imidazole rings is 1. The third-order valence-corrected chi connectivity index (χ3v) is 7.77. The molecule has 1 aliphatic rings. The maximum absolute atomic E-state index is 13.5. The van der Waals surface area contributed by atoms with Crippen LogP contribution in [0.5, 0.6) is 0 Å². The number of aromatic nitrogens is 4. The summed E-state index contributed by atoms with van der Waals surface area (Å²) in [5.74, 6) is -0.886. The van der Waals surface area contributed by atoms with Crippen molar-refractivity contribution in [2.45, 2.75) is 51.9 Å². The van der Waals surface area contributed by atoms with Crippen LogP contribution in [-0.4, -0.2) is 72.8 Å². The SMILES string of the molecule is C[C@H](Cn1cnc2c(N)ncnc21)OCP(=O)(N[C@@H](C)C(=O)O)ON=C1CCN(Cc2ccccc2)CC1. The first kappa shape index (κ1) is 27.6. The fraction of sp³-hybridized carbons (Fsp3) is 0.458. The Balaban J connectivity index is 1.35. The molecule has 38 heavy (non-hydrogen) atoms. The average molecular weight is 545 g/mol. The van der Waals surface area contributed by atoms with Gasteiger partial charge < -0.3 is 24.8 Å². The second-order valence-corrected chi connectivity index (χ2v) is 11.3. The Morgan fingerprint density at radius 1 is 1.21 bits per heavy atom. The summed E-state index contributed by atoms with van der Waals surface area (Å²) in [7, 11) is -3.79. The van der Waals surface area contributed by atoms with Crippen molar-refractivity contribution in [2.24, 2.45) is 5.16 Å². The fourth-order valence-corrected chi connectivity index (χ4v) is 5.62. The Hall–Kier alpha value is -3.38. The maximum atomic E-state index is 13.5. The molecule has 0 spiro atoms. The van der Waals surface area contributed by atoms with Gasteiger partial charge in [-0.3, -0.25) is 14.3 Å². The number of nitrogen functional groups attached to an aromatic ring is 1. The number of hydrogen-bond donors (Lipinski definition) is 3. The highest BCUT2D eigenvalue weighted by Gasteiger charge is 2.31. The van der Waals surface area contributed by atoms with E-state index in [0.717, 1.165) is 25.3 Å². The third-order valence-electron chi connectivity index (χ3n) is 6.16. The highest BCUT2D eigenvalue weighted by atomic mass is 31.2. The van der Waals surface area contributed by atoms with Crippen molar-refractivity contribution in [2.75, 3.05) is 25.2 Å².